The maximum Gasteiger partial charge on any atom is 0.192 e. The van der Waals surface area contributed by atoms with E-state index in [1.54, 1.807) is 6.08 Å². The molecule has 0 radical (unpaired) electrons. The Bertz CT molecular complexity index is 310. The van der Waals surface area contributed by atoms with E-state index in [1.807, 2.05) is 6.92 Å². The highest BCUT2D eigenvalue weighted by Gasteiger charge is 2.39. The lowest BCUT2D eigenvalue weighted by molar-refractivity contribution is -0.115. The molecule has 1 atom stereocenters. The number of hydrogen-bond donors (Lipinski definition) is 0. The van der Waals surface area contributed by atoms with E-state index in [2.05, 4.69) is 33.9 Å². The molecule has 0 heterocycles. The molecular formula is C13H24O2Si. The zero-order valence-corrected chi connectivity index (χ0v) is 12.4. The zero-order chi connectivity index (χ0) is 12.6. The molecular weight excluding hydrogens is 216 g/mol. The van der Waals surface area contributed by atoms with Gasteiger partial charge in [-0.05, 0) is 43.1 Å². The van der Waals surface area contributed by atoms with Gasteiger partial charge in [-0.15, -0.1) is 0 Å². The highest BCUT2D eigenvalue weighted by atomic mass is 28.4. The van der Waals surface area contributed by atoms with Gasteiger partial charge in [-0.3, -0.25) is 4.79 Å². The molecule has 3 heteroatoms. The molecule has 0 aliphatic heterocycles. The van der Waals surface area contributed by atoms with Crippen molar-refractivity contribution < 1.29 is 9.22 Å². The van der Waals surface area contributed by atoms with Crippen molar-refractivity contribution in [2.75, 3.05) is 0 Å². The van der Waals surface area contributed by atoms with Crippen molar-refractivity contribution in [3.05, 3.63) is 11.6 Å². The third-order valence-corrected chi connectivity index (χ3v) is 8.28. The van der Waals surface area contributed by atoms with Crippen molar-refractivity contribution in [1.29, 1.82) is 0 Å². The van der Waals surface area contributed by atoms with Gasteiger partial charge in [0.1, 0.15) is 0 Å². The highest BCUT2D eigenvalue weighted by Crippen LogP contribution is 2.39. The Morgan fingerprint density at radius 2 is 1.94 bits per heavy atom. The lowest BCUT2D eigenvalue weighted by Crippen LogP contribution is -2.44. The second kappa shape index (κ2) is 4.45. The summed E-state index contributed by atoms with van der Waals surface area (Å²) in [6.07, 6.45) is 3.41. The Balaban J connectivity index is 2.76. The normalized spacial score (nSPS) is 23.2. The third kappa shape index (κ3) is 3.05. The first kappa shape index (κ1) is 13.7. The van der Waals surface area contributed by atoms with Gasteiger partial charge in [0.2, 0.25) is 0 Å². The third-order valence-electron chi connectivity index (χ3n) is 3.79. The van der Waals surface area contributed by atoms with Gasteiger partial charge in [-0.25, -0.2) is 0 Å². The molecule has 1 aliphatic rings. The summed E-state index contributed by atoms with van der Waals surface area (Å²) in [4.78, 5) is 11.3. The maximum atomic E-state index is 11.3. The Hall–Kier alpha value is -0.413. The van der Waals surface area contributed by atoms with E-state index in [0.717, 1.165) is 12.0 Å². The van der Waals surface area contributed by atoms with Gasteiger partial charge in [-0.2, -0.15) is 0 Å². The van der Waals surface area contributed by atoms with Crippen LogP contribution in [0.2, 0.25) is 18.1 Å². The van der Waals surface area contributed by atoms with Gasteiger partial charge >= 0.3 is 0 Å². The summed E-state index contributed by atoms with van der Waals surface area (Å²) >= 11 is 0. The fourth-order valence-corrected chi connectivity index (χ4v) is 2.97. The largest absolute Gasteiger partial charge is 0.410 e. The summed E-state index contributed by atoms with van der Waals surface area (Å²) in [7, 11) is -1.71. The van der Waals surface area contributed by atoms with Crippen LogP contribution in [0, 0.1) is 0 Å². The molecule has 0 aromatic carbocycles. The standard InChI is InChI=1S/C13H24O2Si/c1-10-9-11(14)7-8-12(10)15-16(5,6)13(2,3)4/h9,12H,7-8H2,1-6H3/t12-/m0/s1. The molecule has 1 aliphatic carbocycles. The number of rotatable bonds is 2. The Morgan fingerprint density at radius 1 is 1.38 bits per heavy atom. The first-order valence-corrected chi connectivity index (χ1v) is 8.93. The molecule has 92 valence electrons. The van der Waals surface area contributed by atoms with Crippen molar-refractivity contribution in [3.8, 4) is 0 Å². The van der Waals surface area contributed by atoms with Crippen molar-refractivity contribution >= 4 is 14.1 Å². The fraction of sp³-hybridized carbons (Fsp3) is 0.769. The number of allylic oxidation sites excluding steroid dienone is 1. The molecule has 16 heavy (non-hydrogen) atoms. The molecule has 0 spiro atoms. The summed E-state index contributed by atoms with van der Waals surface area (Å²) in [5.74, 6) is 0.243. The van der Waals surface area contributed by atoms with Crippen LogP contribution in [-0.4, -0.2) is 20.2 Å². The predicted octanol–water partition coefficient (Wildman–Crippen LogP) is 3.69. The zero-order valence-electron chi connectivity index (χ0n) is 11.4. The van der Waals surface area contributed by atoms with Gasteiger partial charge in [-0.1, -0.05) is 20.8 Å². The quantitative estimate of drug-likeness (QED) is 0.688. The van der Waals surface area contributed by atoms with Crippen molar-refractivity contribution in [2.24, 2.45) is 0 Å². The average Bonchev–Trinajstić information content (AvgIpc) is 2.08. The summed E-state index contributed by atoms with van der Waals surface area (Å²) in [6, 6.07) is 0. The molecule has 0 saturated heterocycles. The number of carbonyl (C=O) groups is 1. The van der Waals surface area contributed by atoms with E-state index in [0.29, 0.717) is 6.42 Å². The smallest absolute Gasteiger partial charge is 0.192 e. The molecule has 0 aromatic rings. The monoisotopic (exact) mass is 240 g/mol. The van der Waals surface area contributed by atoms with Gasteiger partial charge in [0.15, 0.2) is 14.1 Å². The lowest BCUT2D eigenvalue weighted by atomic mass is 9.97. The average molecular weight is 240 g/mol. The van der Waals surface area contributed by atoms with Crippen LogP contribution in [0.25, 0.3) is 0 Å². The van der Waals surface area contributed by atoms with Gasteiger partial charge in [0.05, 0.1) is 6.10 Å². The first-order chi connectivity index (χ1) is 7.13. The van der Waals surface area contributed by atoms with Crippen LogP contribution in [0.15, 0.2) is 11.6 Å². The fourth-order valence-electron chi connectivity index (χ4n) is 1.60. The minimum atomic E-state index is -1.71. The summed E-state index contributed by atoms with van der Waals surface area (Å²) < 4.78 is 6.32. The highest BCUT2D eigenvalue weighted by molar-refractivity contribution is 6.74. The van der Waals surface area contributed by atoms with Crippen LogP contribution in [0.4, 0.5) is 0 Å². The van der Waals surface area contributed by atoms with Crippen LogP contribution in [0.1, 0.15) is 40.5 Å². The molecule has 0 bridgehead atoms. The molecule has 0 unspecified atom stereocenters. The van der Waals surface area contributed by atoms with Crippen molar-refractivity contribution in [2.45, 2.75) is 64.8 Å². The lowest BCUT2D eigenvalue weighted by Gasteiger charge is -2.40. The van der Waals surface area contributed by atoms with Crippen LogP contribution in [0.3, 0.4) is 0 Å². The Kier molecular flexibility index (Phi) is 3.80. The van der Waals surface area contributed by atoms with Gasteiger partial charge < -0.3 is 4.43 Å². The topological polar surface area (TPSA) is 26.3 Å². The van der Waals surface area contributed by atoms with Crippen LogP contribution < -0.4 is 0 Å². The van der Waals surface area contributed by atoms with E-state index in [1.165, 1.54) is 0 Å². The summed E-state index contributed by atoms with van der Waals surface area (Å²) in [6.45, 7) is 13.3. The SMILES string of the molecule is CC1=CC(=O)CC[C@@H]1O[Si](C)(C)C(C)(C)C. The van der Waals surface area contributed by atoms with Gasteiger partial charge in [0.25, 0.3) is 0 Å². The summed E-state index contributed by atoms with van der Waals surface area (Å²) in [5, 5.41) is 0.231. The predicted molar refractivity (Wildman–Crippen MR) is 70.1 cm³/mol. The minimum Gasteiger partial charge on any atom is -0.410 e. The molecule has 1 rings (SSSR count). The van der Waals surface area contributed by atoms with E-state index in [9.17, 15) is 4.79 Å². The molecule has 0 fully saturated rings. The van der Waals surface area contributed by atoms with E-state index in [-0.39, 0.29) is 16.9 Å². The minimum absolute atomic E-state index is 0.165. The molecule has 0 saturated carbocycles. The molecule has 0 amide bonds. The Labute approximate surface area is 100 Å². The summed E-state index contributed by atoms with van der Waals surface area (Å²) in [5.41, 5.74) is 1.10. The van der Waals surface area contributed by atoms with Crippen molar-refractivity contribution in [1.82, 2.24) is 0 Å². The second-order valence-electron chi connectivity index (χ2n) is 6.26. The van der Waals surface area contributed by atoms with Crippen LogP contribution in [-0.2, 0) is 9.22 Å². The first-order valence-electron chi connectivity index (χ1n) is 6.02. The van der Waals surface area contributed by atoms with Crippen LogP contribution >= 0.6 is 0 Å². The van der Waals surface area contributed by atoms with E-state index < -0.39 is 8.32 Å². The Morgan fingerprint density at radius 3 is 2.38 bits per heavy atom. The molecule has 0 aromatic heterocycles. The number of ketones is 1. The number of carbonyl (C=O) groups excluding carboxylic acids is 1. The second-order valence-corrected chi connectivity index (χ2v) is 11.0. The van der Waals surface area contributed by atoms with Gasteiger partial charge in [0, 0.05) is 6.42 Å². The maximum absolute atomic E-state index is 11.3. The van der Waals surface area contributed by atoms with Crippen molar-refractivity contribution in [3.63, 3.8) is 0 Å². The molecule has 0 N–H and O–H groups in total. The van der Waals surface area contributed by atoms with E-state index >= 15 is 0 Å². The van der Waals surface area contributed by atoms with Crippen LogP contribution in [0.5, 0.6) is 0 Å². The molecule has 2 nitrogen and oxygen atoms in total. The number of hydrogen-bond acceptors (Lipinski definition) is 2. The van der Waals surface area contributed by atoms with E-state index in [4.69, 9.17) is 4.43 Å².